The Morgan fingerprint density at radius 3 is 1.17 bits per heavy atom. The number of anilines is 2. The predicted octanol–water partition coefficient (Wildman–Crippen LogP) is 4.60. The molecule has 1 aliphatic rings. The van der Waals surface area contributed by atoms with E-state index in [1.165, 1.54) is 44.8 Å². The van der Waals surface area contributed by atoms with Gasteiger partial charge in [-0.15, -0.1) is 0 Å². The molecule has 1 aliphatic heterocycles. The van der Waals surface area contributed by atoms with Crippen LogP contribution in [0.1, 0.15) is 33.4 Å². The first-order valence-corrected chi connectivity index (χ1v) is 9.93. The second-order valence-electron chi connectivity index (χ2n) is 6.63. The third kappa shape index (κ3) is 3.05. The van der Waals surface area contributed by atoms with E-state index in [2.05, 4.69) is 85.8 Å². The monoisotopic (exact) mass is 368 g/mol. The topological polar surface area (TPSA) is 6.48 Å². The summed E-state index contributed by atoms with van der Waals surface area (Å²) in [6.45, 7) is 13.2. The number of rotatable bonds is 2. The molecule has 1 heterocycles. The van der Waals surface area contributed by atoms with Gasteiger partial charge in [0.25, 0.3) is 0 Å². The van der Waals surface area contributed by atoms with Crippen molar-refractivity contribution in [2.24, 2.45) is 0 Å². The van der Waals surface area contributed by atoms with Crippen LogP contribution in [-0.2, 0) is 0 Å². The van der Waals surface area contributed by atoms with Crippen molar-refractivity contribution < 1.29 is 0 Å². The molecule has 2 aromatic rings. The van der Waals surface area contributed by atoms with Gasteiger partial charge in [0.05, 0.1) is 0 Å². The van der Waals surface area contributed by atoms with E-state index in [1.54, 1.807) is 0 Å². The second-order valence-corrected chi connectivity index (χ2v) is 9.07. The average Bonchev–Trinajstić information content (AvgIpc) is 2.85. The molecule has 0 fully saturated rings. The summed E-state index contributed by atoms with van der Waals surface area (Å²) >= 11 is -0.435. The first-order chi connectivity index (χ1) is 10.9. The van der Waals surface area contributed by atoms with Crippen molar-refractivity contribution in [2.45, 2.75) is 41.5 Å². The Hall–Kier alpha value is -1.66. The normalized spacial score (nSPS) is 14.0. The molecule has 0 spiro atoms. The quantitative estimate of drug-likeness (QED) is 0.715. The molecule has 120 valence electrons. The first kappa shape index (κ1) is 16.2. The van der Waals surface area contributed by atoms with Crippen LogP contribution in [0.15, 0.2) is 36.7 Å². The maximum atomic E-state index is 2.48. The van der Waals surface area contributed by atoms with Crippen LogP contribution >= 0.6 is 0 Å². The summed E-state index contributed by atoms with van der Waals surface area (Å²) in [5.74, 6) is 0. The Balaban J connectivity index is 1.93. The Labute approximate surface area is 147 Å². The number of nitrogens with zero attached hydrogens (tertiary/aromatic N) is 2. The van der Waals surface area contributed by atoms with E-state index in [4.69, 9.17) is 0 Å². The van der Waals surface area contributed by atoms with Gasteiger partial charge in [0.2, 0.25) is 0 Å². The van der Waals surface area contributed by atoms with Crippen LogP contribution in [0.25, 0.3) is 0 Å². The van der Waals surface area contributed by atoms with Gasteiger partial charge >= 0.3 is 147 Å². The molecule has 0 atom stereocenters. The Morgan fingerprint density at radius 2 is 0.870 bits per heavy atom. The van der Waals surface area contributed by atoms with Crippen molar-refractivity contribution in [2.75, 3.05) is 7.63 Å². The van der Waals surface area contributed by atoms with Gasteiger partial charge < -0.3 is 0 Å². The molecule has 3 rings (SSSR count). The van der Waals surface area contributed by atoms with Gasteiger partial charge in [-0.05, 0) is 0 Å². The minimum absolute atomic E-state index is 0.435. The zero-order chi connectivity index (χ0) is 16.7. The number of aryl methyl sites for hydroxylation is 6. The predicted molar refractivity (Wildman–Crippen MR) is 103 cm³/mol. The van der Waals surface area contributed by atoms with Crippen molar-refractivity contribution in [1.29, 1.82) is 0 Å². The van der Waals surface area contributed by atoms with E-state index in [-0.39, 0.29) is 0 Å². The van der Waals surface area contributed by atoms with Gasteiger partial charge in [-0.25, -0.2) is 0 Å². The first-order valence-electron chi connectivity index (χ1n) is 8.05. The third-order valence-electron chi connectivity index (χ3n) is 4.33. The molecule has 23 heavy (non-hydrogen) atoms. The Kier molecular flexibility index (Phi) is 4.29. The fourth-order valence-corrected chi connectivity index (χ4v) is 6.62. The Morgan fingerprint density at radius 1 is 0.565 bits per heavy atom. The van der Waals surface area contributed by atoms with Crippen LogP contribution < -0.4 is 7.63 Å². The summed E-state index contributed by atoms with van der Waals surface area (Å²) in [6, 6.07) is 9.14. The molecule has 0 amide bonds. The fraction of sp³-hybridized carbons (Fsp3) is 0.300. The number of benzene rings is 2. The molecule has 0 radical (unpaired) electrons. The number of hydrogen-bond acceptors (Lipinski definition) is 2. The molecule has 2 nitrogen and oxygen atoms in total. The zero-order valence-electron chi connectivity index (χ0n) is 14.9. The van der Waals surface area contributed by atoms with Crippen molar-refractivity contribution in [3.8, 4) is 0 Å². The van der Waals surface area contributed by atoms with Crippen molar-refractivity contribution in [3.63, 3.8) is 0 Å². The van der Waals surface area contributed by atoms with Gasteiger partial charge in [-0.3, -0.25) is 0 Å². The molecule has 0 bridgehead atoms. The SMILES string of the molecule is Cc1cc(C)c(N2C=CN(c3c(C)cc(C)cc3C)[AsH]2)c(C)c1. The van der Waals surface area contributed by atoms with E-state index >= 15 is 0 Å². The molecular weight excluding hydrogens is 343 g/mol. The molecule has 0 saturated heterocycles. The van der Waals surface area contributed by atoms with Gasteiger partial charge in [-0.1, -0.05) is 0 Å². The van der Waals surface area contributed by atoms with E-state index < -0.39 is 16.2 Å². The van der Waals surface area contributed by atoms with Crippen molar-refractivity contribution >= 4 is 27.6 Å². The molecule has 0 N–H and O–H groups in total. The summed E-state index contributed by atoms with van der Waals surface area (Å²) in [4.78, 5) is 0. The fourth-order valence-electron chi connectivity index (χ4n) is 3.67. The molecule has 0 unspecified atom stereocenters. The van der Waals surface area contributed by atoms with E-state index in [0.717, 1.165) is 0 Å². The molecule has 0 saturated carbocycles. The van der Waals surface area contributed by atoms with Crippen LogP contribution in [0.4, 0.5) is 11.4 Å². The van der Waals surface area contributed by atoms with Gasteiger partial charge in [0, 0.05) is 0 Å². The van der Waals surface area contributed by atoms with Crippen LogP contribution in [0.5, 0.6) is 0 Å². The number of hydrogen-bond donors (Lipinski definition) is 0. The summed E-state index contributed by atoms with van der Waals surface area (Å²) in [6.07, 6.45) is 4.51. The van der Waals surface area contributed by atoms with Crippen LogP contribution in [0.2, 0.25) is 0 Å². The maximum absolute atomic E-state index is 2.48. The summed E-state index contributed by atoms with van der Waals surface area (Å²) in [5, 5.41) is 0. The van der Waals surface area contributed by atoms with E-state index in [9.17, 15) is 0 Å². The minimum atomic E-state index is -0.435. The third-order valence-corrected chi connectivity index (χ3v) is 6.80. The standard InChI is InChI=1S/C20H25AsN2/c1-13-9-15(3)19(16(4)10-13)22-7-8-23(21-22)20-17(5)11-14(2)12-18(20)6/h7-12,21H,1-6H3. The summed E-state index contributed by atoms with van der Waals surface area (Å²) in [7, 11) is 0. The van der Waals surface area contributed by atoms with Gasteiger partial charge in [0.1, 0.15) is 0 Å². The zero-order valence-corrected chi connectivity index (χ0v) is 17.0. The second kappa shape index (κ2) is 6.09. The Bertz CT molecular complexity index is 681. The van der Waals surface area contributed by atoms with Crippen molar-refractivity contribution in [1.82, 2.24) is 0 Å². The van der Waals surface area contributed by atoms with Crippen LogP contribution in [-0.4, -0.2) is 16.2 Å². The van der Waals surface area contributed by atoms with Crippen LogP contribution in [0.3, 0.4) is 0 Å². The van der Waals surface area contributed by atoms with Gasteiger partial charge in [0.15, 0.2) is 0 Å². The molecular formula is C20H25AsN2. The molecule has 0 aromatic heterocycles. The average molecular weight is 368 g/mol. The van der Waals surface area contributed by atoms with Gasteiger partial charge in [-0.2, -0.15) is 0 Å². The van der Waals surface area contributed by atoms with E-state index in [0.29, 0.717) is 0 Å². The molecule has 0 aliphatic carbocycles. The molecule has 3 heteroatoms. The van der Waals surface area contributed by atoms with E-state index in [1.807, 2.05) is 0 Å². The molecule has 2 aromatic carbocycles. The van der Waals surface area contributed by atoms with Crippen LogP contribution in [0, 0.1) is 41.5 Å². The summed E-state index contributed by atoms with van der Waals surface area (Å²) in [5.41, 5.74) is 10.9. The summed E-state index contributed by atoms with van der Waals surface area (Å²) < 4.78 is 4.95. The van der Waals surface area contributed by atoms with Crippen molar-refractivity contribution in [3.05, 3.63) is 70.0 Å².